The zero-order chi connectivity index (χ0) is 18.2. The summed E-state index contributed by atoms with van der Waals surface area (Å²) in [5.41, 5.74) is -0.189. The van der Waals surface area contributed by atoms with E-state index in [0.29, 0.717) is 19.6 Å². The van der Waals surface area contributed by atoms with Gasteiger partial charge in [-0.25, -0.2) is 18.2 Å². The Kier molecular flexibility index (Phi) is 4.80. The molecule has 0 aliphatic carbocycles. The highest BCUT2D eigenvalue weighted by molar-refractivity contribution is 7.91. The normalized spacial score (nSPS) is 26.4. The van der Waals surface area contributed by atoms with Crippen LogP contribution in [0.25, 0.3) is 0 Å². The second-order valence-corrected chi connectivity index (χ2v) is 8.45. The van der Waals surface area contributed by atoms with Crippen molar-refractivity contribution in [2.24, 2.45) is 0 Å². The van der Waals surface area contributed by atoms with Gasteiger partial charge in [0.25, 0.3) is 0 Å². The molecule has 1 aromatic rings. The van der Waals surface area contributed by atoms with Crippen molar-refractivity contribution in [3.05, 3.63) is 17.8 Å². The maximum atomic E-state index is 12.1. The number of hydrogen-bond acceptors (Lipinski definition) is 8. The van der Waals surface area contributed by atoms with Gasteiger partial charge in [-0.3, -0.25) is 14.6 Å². The molecule has 2 saturated heterocycles. The molecule has 2 aliphatic heterocycles. The lowest BCUT2D eigenvalue weighted by atomic mass is 10.0. The summed E-state index contributed by atoms with van der Waals surface area (Å²) in [4.78, 5) is 29.4. The van der Waals surface area contributed by atoms with Gasteiger partial charge in [-0.2, -0.15) is 0 Å². The Labute approximate surface area is 144 Å². The van der Waals surface area contributed by atoms with Crippen LogP contribution in [0.15, 0.2) is 10.7 Å². The summed E-state index contributed by atoms with van der Waals surface area (Å²) in [5.74, 6) is -1.89. The zero-order valence-electron chi connectivity index (χ0n) is 13.4. The molecule has 2 fully saturated rings. The van der Waals surface area contributed by atoms with Gasteiger partial charge in [0.2, 0.25) is 5.89 Å². The minimum atomic E-state index is -3.21. The SMILES string of the molecule is O=C(O)CCN1CCN(Cc2nc(C(=O)O)co2)[C@H]2CS(=O)(=O)C[C@H]21. The molecule has 0 spiro atoms. The summed E-state index contributed by atoms with van der Waals surface area (Å²) >= 11 is 0. The van der Waals surface area contributed by atoms with Crippen LogP contribution in [0.4, 0.5) is 0 Å². The lowest BCUT2D eigenvalue weighted by Crippen LogP contribution is -2.58. The average Bonchev–Trinajstić information content (AvgIpc) is 3.10. The van der Waals surface area contributed by atoms with E-state index in [2.05, 4.69) is 4.98 Å². The average molecular weight is 373 g/mol. The van der Waals surface area contributed by atoms with Crippen LogP contribution in [0.3, 0.4) is 0 Å². The van der Waals surface area contributed by atoms with E-state index in [1.165, 1.54) is 0 Å². The third kappa shape index (κ3) is 3.99. The quantitative estimate of drug-likeness (QED) is 0.646. The van der Waals surface area contributed by atoms with Crippen molar-refractivity contribution in [2.45, 2.75) is 25.0 Å². The Morgan fingerprint density at radius 2 is 1.84 bits per heavy atom. The number of aliphatic carboxylic acids is 1. The maximum Gasteiger partial charge on any atom is 0.357 e. The van der Waals surface area contributed by atoms with Gasteiger partial charge in [0, 0.05) is 31.7 Å². The molecule has 1 aromatic heterocycles. The number of fused-ring (bicyclic) bond motifs is 1. The highest BCUT2D eigenvalue weighted by Crippen LogP contribution is 2.28. The van der Waals surface area contributed by atoms with Crippen LogP contribution in [-0.2, 0) is 21.2 Å². The first kappa shape index (κ1) is 17.8. The maximum absolute atomic E-state index is 12.1. The number of hydrogen-bond donors (Lipinski definition) is 2. The molecule has 0 bridgehead atoms. The van der Waals surface area contributed by atoms with Crippen molar-refractivity contribution in [1.82, 2.24) is 14.8 Å². The molecule has 11 heteroatoms. The minimum Gasteiger partial charge on any atom is -0.481 e. The Morgan fingerprint density at radius 1 is 1.20 bits per heavy atom. The van der Waals surface area contributed by atoms with Gasteiger partial charge in [0.1, 0.15) is 6.26 Å². The smallest absolute Gasteiger partial charge is 0.357 e. The second kappa shape index (κ2) is 6.73. The summed E-state index contributed by atoms with van der Waals surface area (Å²) in [6.45, 7) is 1.59. The van der Waals surface area contributed by atoms with Gasteiger partial charge < -0.3 is 14.6 Å². The van der Waals surface area contributed by atoms with Gasteiger partial charge >= 0.3 is 11.9 Å². The van der Waals surface area contributed by atoms with E-state index in [1.807, 2.05) is 9.80 Å². The molecule has 2 aliphatic rings. The number of carboxylic acid groups (broad SMARTS) is 2. The third-order valence-corrected chi connectivity index (χ3v) is 6.33. The number of piperazine rings is 1. The molecule has 25 heavy (non-hydrogen) atoms. The molecular weight excluding hydrogens is 354 g/mol. The second-order valence-electron chi connectivity index (χ2n) is 6.29. The Balaban J connectivity index is 1.73. The van der Waals surface area contributed by atoms with E-state index < -0.39 is 21.8 Å². The van der Waals surface area contributed by atoms with Gasteiger partial charge in [0.15, 0.2) is 15.5 Å². The molecule has 2 N–H and O–H groups in total. The van der Waals surface area contributed by atoms with Crippen molar-refractivity contribution >= 4 is 21.8 Å². The standard InChI is InChI=1S/C14H19N3O7S/c18-13(19)1-2-16-3-4-17(11-8-25(22,23)7-10(11)16)5-12-15-9(6-24-12)14(20)21/h6,10-11H,1-5,7-8H2,(H,18,19)(H,20,21)/t10-,11+/m1/s1. The zero-order valence-corrected chi connectivity index (χ0v) is 14.2. The topological polar surface area (TPSA) is 141 Å². The molecule has 138 valence electrons. The van der Waals surface area contributed by atoms with Gasteiger partial charge in [0.05, 0.1) is 24.5 Å². The largest absolute Gasteiger partial charge is 0.481 e. The van der Waals surface area contributed by atoms with Crippen molar-refractivity contribution in [1.29, 1.82) is 0 Å². The molecule has 10 nitrogen and oxygen atoms in total. The van der Waals surface area contributed by atoms with E-state index in [1.54, 1.807) is 0 Å². The number of sulfone groups is 1. The highest BCUT2D eigenvalue weighted by Gasteiger charge is 2.46. The fourth-order valence-corrected chi connectivity index (χ4v) is 5.51. The van der Waals surface area contributed by atoms with Crippen molar-refractivity contribution in [3.63, 3.8) is 0 Å². The van der Waals surface area contributed by atoms with Crippen LogP contribution < -0.4 is 0 Å². The van der Waals surface area contributed by atoms with E-state index in [9.17, 15) is 18.0 Å². The molecule has 0 amide bonds. The Morgan fingerprint density at radius 3 is 2.44 bits per heavy atom. The van der Waals surface area contributed by atoms with Crippen LogP contribution >= 0.6 is 0 Å². The van der Waals surface area contributed by atoms with Gasteiger partial charge in [-0.1, -0.05) is 0 Å². The number of rotatable bonds is 6. The van der Waals surface area contributed by atoms with E-state index in [4.69, 9.17) is 14.6 Å². The van der Waals surface area contributed by atoms with Crippen LogP contribution in [0.1, 0.15) is 22.8 Å². The highest BCUT2D eigenvalue weighted by atomic mass is 32.2. The molecule has 0 radical (unpaired) electrons. The number of oxazole rings is 1. The van der Waals surface area contributed by atoms with Crippen LogP contribution in [0.2, 0.25) is 0 Å². The number of aromatic carboxylic acids is 1. The van der Waals surface area contributed by atoms with E-state index in [0.717, 1.165) is 6.26 Å². The lowest BCUT2D eigenvalue weighted by Gasteiger charge is -2.43. The third-order valence-electron chi connectivity index (χ3n) is 4.63. The predicted octanol–water partition coefficient (Wildman–Crippen LogP) is -0.869. The number of carbonyl (C=O) groups is 2. The van der Waals surface area contributed by atoms with Gasteiger partial charge in [-0.15, -0.1) is 0 Å². The molecule has 0 saturated carbocycles. The minimum absolute atomic E-state index is 0.000253. The van der Waals surface area contributed by atoms with Crippen LogP contribution in [0.5, 0.6) is 0 Å². The molecular formula is C14H19N3O7S. The first-order chi connectivity index (χ1) is 11.7. The lowest BCUT2D eigenvalue weighted by molar-refractivity contribution is -0.137. The van der Waals surface area contributed by atoms with Crippen molar-refractivity contribution in [3.8, 4) is 0 Å². The predicted molar refractivity (Wildman–Crippen MR) is 83.9 cm³/mol. The summed E-state index contributed by atoms with van der Waals surface area (Å²) < 4.78 is 29.3. The van der Waals surface area contributed by atoms with Crippen molar-refractivity contribution in [2.75, 3.05) is 31.1 Å². The van der Waals surface area contributed by atoms with Crippen molar-refractivity contribution < 1.29 is 32.6 Å². The number of aromatic nitrogens is 1. The summed E-state index contributed by atoms with van der Waals surface area (Å²) in [7, 11) is -3.21. The summed E-state index contributed by atoms with van der Waals surface area (Å²) in [5, 5.41) is 17.7. The fourth-order valence-electron chi connectivity index (χ4n) is 3.47. The molecule has 3 heterocycles. The van der Waals surface area contributed by atoms with Crippen LogP contribution in [0, 0.1) is 0 Å². The molecule has 2 atom stereocenters. The molecule has 3 rings (SSSR count). The number of nitrogens with zero attached hydrogens (tertiary/aromatic N) is 3. The Bertz CT molecular complexity index is 775. The monoisotopic (exact) mass is 373 g/mol. The Hall–Kier alpha value is -1.98. The first-order valence-electron chi connectivity index (χ1n) is 7.83. The van der Waals surface area contributed by atoms with Crippen LogP contribution in [-0.4, -0.2) is 88.6 Å². The molecule has 0 aromatic carbocycles. The summed E-state index contributed by atoms with van der Waals surface area (Å²) in [6, 6.07) is -0.556. The first-order valence-corrected chi connectivity index (χ1v) is 9.65. The molecule has 0 unspecified atom stereocenters. The summed E-state index contributed by atoms with van der Waals surface area (Å²) in [6.07, 6.45) is 1.02. The number of carboxylic acids is 2. The fraction of sp³-hybridized carbons (Fsp3) is 0.643. The van der Waals surface area contributed by atoms with Gasteiger partial charge in [-0.05, 0) is 0 Å². The van der Waals surface area contributed by atoms with E-state index in [-0.39, 0.29) is 48.1 Å². The van der Waals surface area contributed by atoms with E-state index >= 15 is 0 Å².